The van der Waals surface area contributed by atoms with Crippen LogP contribution in [0.5, 0.6) is 0 Å². The highest BCUT2D eigenvalue weighted by Gasteiger charge is 2.23. The number of nitrogens with two attached hydrogens (primary N) is 1. The number of rotatable bonds is 2. The number of fused-ring (bicyclic) bond motifs is 1. The second-order valence-corrected chi connectivity index (χ2v) is 4.62. The smallest absolute Gasteiger partial charge is 0.0478 e. The predicted octanol–water partition coefficient (Wildman–Crippen LogP) is 1.71. The molecule has 2 aromatic rings. The van der Waals surface area contributed by atoms with Gasteiger partial charge in [0.2, 0.25) is 0 Å². The summed E-state index contributed by atoms with van der Waals surface area (Å²) in [6, 6.07) is 15.8. The van der Waals surface area contributed by atoms with Crippen LogP contribution >= 0.6 is 0 Å². The van der Waals surface area contributed by atoms with Gasteiger partial charge < -0.3 is 5.73 Å². The van der Waals surface area contributed by atoms with Gasteiger partial charge in [-0.1, -0.05) is 36.4 Å². The normalized spacial score (nSPS) is 24.3. The van der Waals surface area contributed by atoms with E-state index in [1.165, 1.54) is 16.3 Å². The van der Waals surface area contributed by atoms with Crippen LogP contribution in [-0.2, 0) is 0 Å². The zero-order valence-corrected chi connectivity index (χ0v) is 9.69. The highest BCUT2D eigenvalue weighted by atomic mass is 15.4. The van der Waals surface area contributed by atoms with E-state index >= 15 is 0 Å². The van der Waals surface area contributed by atoms with Crippen molar-refractivity contribution in [2.75, 3.05) is 6.54 Å². The largest absolute Gasteiger partial charge is 0.329 e. The van der Waals surface area contributed by atoms with Crippen LogP contribution in [0.25, 0.3) is 10.8 Å². The van der Waals surface area contributed by atoms with Crippen molar-refractivity contribution in [1.82, 2.24) is 10.9 Å². The molecule has 2 atom stereocenters. The maximum Gasteiger partial charge on any atom is 0.0478 e. The second kappa shape index (κ2) is 4.45. The molecule has 1 fully saturated rings. The Bertz CT molecular complexity index is 524. The Morgan fingerprint density at radius 2 is 1.88 bits per heavy atom. The Balaban J connectivity index is 1.91. The molecule has 0 radical (unpaired) electrons. The molecule has 0 bridgehead atoms. The van der Waals surface area contributed by atoms with Gasteiger partial charge in [0.1, 0.15) is 0 Å². The molecule has 0 spiro atoms. The second-order valence-electron chi connectivity index (χ2n) is 4.62. The summed E-state index contributed by atoms with van der Waals surface area (Å²) >= 11 is 0. The van der Waals surface area contributed by atoms with E-state index in [2.05, 4.69) is 53.3 Å². The number of hydrazine groups is 1. The fourth-order valence-electron chi connectivity index (χ4n) is 2.42. The summed E-state index contributed by atoms with van der Waals surface area (Å²) in [5, 5.41) is 2.58. The zero-order chi connectivity index (χ0) is 11.7. The van der Waals surface area contributed by atoms with Gasteiger partial charge in [0.15, 0.2) is 0 Å². The van der Waals surface area contributed by atoms with E-state index in [0.29, 0.717) is 18.6 Å². The monoisotopic (exact) mass is 227 g/mol. The molecule has 0 aliphatic carbocycles. The molecular formula is C14H17N3. The van der Waals surface area contributed by atoms with Gasteiger partial charge in [0.05, 0.1) is 0 Å². The van der Waals surface area contributed by atoms with Gasteiger partial charge in [0, 0.05) is 18.6 Å². The minimum atomic E-state index is 0.369. The molecule has 17 heavy (non-hydrogen) atoms. The lowest BCUT2D eigenvalue weighted by Crippen LogP contribution is -2.35. The topological polar surface area (TPSA) is 50.1 Å². The first-order chi connectivity index (χ1) is 8.36. The molecule has 2 unspecified atom stereocenters. The highest BCUT2D eigenvalue weighted by molar-refractivity contribution is 5.83. The predicted molar refractivity (Wildman–Crippen MR) is 70.4 cm³/mol. The average Bonchev–Trinajstić information content (AvgIpc) is 2.87. The Morgan fingerprint density at radius 3 is 2.65 bits per heavy atom. The third-order valence-corrected chi connectivity index (χ3v) is 3.44. The van der Waals surface area contributed by atoms with Crippen LogP contribution in [0.3, 0.4) is 0 Å². The van der Waals surface area contributed by atoms with Crippen molar-refractivity contribution in [2.45, 2.75) is 18.5 Å². The maximum absolute atomic E-state index is 5.66. The van der Waals surface area contributed by atoms with Gasteiger partial charge in [-0.2, -0.15) is 0 Å². The van der Waals surface area contributed by atoms with Crippen molar-refractivity contribution < 1.29 is 0 Å². The standard InChI is InChI=1S/C14H17N3/c15-9-13-8-14(17-16-13)12-6-5-10-3-1-2-4-11(10)7-12/h1-7,13-14,16-17H,8-9,15H2. The number of hydrogen-bond donors (Lipinski definition) is 3. The molecular weight excluding hydrogens is 210 g/mol. The van der Waals surface area contributed by atoms with Gasteiger partial charge in [-0.05, 0) is 28.8 Å². The SMILES string of the molecule is NCC1CC(c2ccc3ccccc3c2)NN1. The van der Waals surface area contributed by atoms with Crippen LogP contribution in [0.4, 0.5) is 0 Å². The molecule has 3 nitrogen and oxygen atoms in total. The van der Waals surface area contributed by atoms with Crippen LogP contribution in [0.1, 0.15) is 18.0 Å². The quantitative estimate of drug-likeness (QED) is 0.732. The molecule has 2 aromatic carbocycles. The van der Waals surface area contributed by atoms with Crippen molar-refractivity contribution in [2.24, 2.45) is 5.73 Å². The van der Waals surface area contributed by atoms with E-state index in [0.717, 1.165) is 6.42 Å². The lowest BCUT2D eigenvalue weighted by atomic mass is 9.99. The average molecular weight is 227 g/mol. The molecule has 3 heteroatoms. The summed E-state index contributed by atoms with van der Waals surface area (Å²) in [4.78, 5) is 0. The summed E-state index contributed by atoms with van der Waals surface area (Å²) in [7, 11) is 0. The lowest BCUT2D eigenvalue weighted by molar-refractivity contribution is 0.547. The third-order valence-electron chi connectivity index (χ3n) is 3.44. The summed E-state index contributed by atoms with van der Waals surface area (Å²) in [5.41, 5.74) is 13.5. The Labute approximate surface area is 101 Å². The van der Waals surface area contributed by atoms with Crippen molar-refractivity contribution in [3.05, 3.63) is 48.0 Å². The summed E-state index contributed by atoms with van der Waals surface area (Å²) in [6.45, 7) is 0.678. The number of nitrogens with one attached hydrogen (secondary N) is 2. The first-order valence-electron chi connectivity index (χ1n) is 6.06. The summed E-state index contributed by atoms with van der Waals surface area (Å²) in [6.07, 6.45) is 1.05. The van der Waals surface area contributed by atoms with E-state index in [1.54, 1.807) is 0 Å². The summed E-state index contributed by atoms with van der Waals surface area (Å²) in [5.74, 6) is 0. The Hall–Kier alpha value is -1.42. The van der Waals surface area contributed by atoms with Gasteiger partial charge in [0.25, 0.3) is 0 Å². The van der Waals surface area contributed by atoms with E-state index in [1.807, 2.05) is 0 Å². The van der Waals surface area contributed by atoms with E-state index in [-0.39, 0.29) is 0 Å². The Kier molecular flexibility index (Phi) is 2.81. The van der Waals surface area contributed by atoms with Crippen molar-refractivity contribution in [3.8, 4) is 0 Å². The molecule has 1 saturated heterocycles. The minimum Gasteiger partial charge on any atom is -0.329 e. The highest BCUT2D eigenvalue weighted by Crippen LogP contribution is 2.25. The van der Waals surface area contributed by atoms with Crippen LogP contribution in [0, 0.1) is 0 Å². The number of hydrogen-bond acceptors (Lipinski definition) is 3. The van der Waals surface area contributed by atoms with Gasteiger partial charge in [-0.15, -0.1) is 0 Å². The van der Waals surface area contributed by atoms with Crippen LogP contribution in [0.15, 0.2) is 42.5 Å². The molecule has 1 aliphatic heterocycles. The minimum absolute atomic E-state index is 0.369. The zero-order valence-electron chi connectivity index (χ0n) is 9.69. The molecule has 0 saturated carbocycles. The van der Waals surface area contributed by atoms with Crippen LogP contribution < -0.4 is 16.6 Å². The molecule has 1 heterocycles. The molecule has 1 aliphatic rings. The fraction of sp³-hybridized carbons (Fsp3) is 0.286. The van der Waals surface area contributed by atoms with Crippen LogP contribution in [-0.4, -0.2) is 12.6 Å². The van der Waals surface area contributed by atoms with Crippen LogP contribution in [0.2, 0.25) is 0 Å². The lowest BCUT2D eigenvalue weighted by Gasteiger charge is -2.10. The molecule has 4 N–H and O–H groups in total. The first kappa shape index (κ1) is 10.7. The molecule has 0 amide bonds. The van der Waals surface area contributed by atoms with E-state index in [4.69, 9.17) is 5.73 Å². The maximum atomic E-state index is 5.66. The van der Waals surface area contributed by atoms with Gasteiger partial charge in [-0.25, -0.2) is 5.43 Å². The van der Waals surface area contributed by atoms with Crippen molar-refractivity contribution in [1.29, 1.82) is 0 Å². The van der Waals surface area contributed by atoms with E-state index < -0.39 is 0 Å². The van der Waals surface area contributed by atoms with Gasteiger partial charge >= 0.3 is 0 Å². The molecule has 88 valence electrons. The van der Waals surface area contributed by atoms with Crippen molar-refractivity contribution >= 4 is 10.8 Å². The van der Waals surface area contributed by atoms with E-state index in [9.17, 15) is 0 Å². The molecule has 3 rings (SSSR count). The molecule has 0 aromatic heterocycles. The number of benzene rings is 2. The summed E-state index contributed by atoms with van der Waals surface area (Å²) < 4.78 is 0. The Morgan fingerprint density at radius 1 is 1.06 bits per heavy atom. The fourth-order valence-corrected chi connectivity index (χ4v) is 2.42. The first-order valence-corrected chi connectivity index (χ1v) is 6.06. The third kappa shape index (κ3) is 2.05. The van der Waals surface area contributed by atoms with Crippen molar-refractivity contribution in [3.63, 3.8) is 0 Å². The van der Waals surface area contributed by atoms with Gasteiger partial charge in [-0.3, -0.25) is 5.43 Å².